The predicted octanol–water partition coefficient (Wildman–Crippen LogP) is 5.35. The van der Waals surface area contributed by atoms with Gasteiger partial charge < -0.3 is 14.3 Å². The van der Waals surface area contributed by atoms with Gasteiger partial charge in [-0.3, -0.25) is 4.79 Å². The summed E-state index contributed by atoms with van der Waals surface area (Å²) in [5.41, 5.74) is -1.51. The number of ether oxygens (including phenoxy) is 2. The minimum Gasteiger partial charge on any atom is -0.540 e. The lowest BCUT2D eigenvalue weighted by Gasteiger charge is -2.36. The summed E-state index contributed by atoms with van der Waals surface area (Å²) < 4.78 is 11.5. The van der Waals surface area contributed by atoms with Crippen molar-refractivity contribution in [2.24, 2.45) is 0 Å². The molecule has 3 rings (SSSR count). The van der Waals surface area contributed by atoms with Crippen molar-refractivity contribution >= 4 is 35.1 Å². The molecule has 3 aromatic carbocycles. The fourth-order valence-corrected chi connectivity index (χ4v) is 7.89. The molecule has 5 heteroatoms. The average Bonchev–Trinajstić information content (AvgIpc) is 2.79. The molecule has 182 valence electrons. The molecule has 0 fully saturated rings. The lowest BCUT2D eigenvalue weighted by Crippen LogP contribution is -2.37. The van der Waals surface area contributed by atoms with Crippen molar-refractivity contribution in [2.75, 3.05) is 0 Å². The van der Waals surface area contributed by atoms with E-state index in [4.69, 9.17) is 9.47 Å². The summed E-state index contributed by atoms with van der Waals surface area (Å²) in [7, 11) is -2.89. The topological polar surface area (TPSA) is 52.6 Å². The van der Waals surface area contributed by atoms with Gasteiger partial charge in [0.15, 0.2) is 0 Å². The van der Waals surface area contributed by atoms with E-state index in [1.165, 1.54) is 0 Å². The lowest BCUT2D eigenvalue weighted by atomic mass is 10.2. The predicted molar refractivity (Wildman–Crippen MR) is 144 cm³/mol. The van der Waals surface area contributed by atoms with E-state index in [0.717, 1.165) is 15.9 Å². The van der Waals surface area contributed by atoms with Crippen LogP contribution in [0.2, 0.25) is 0 Å². The zero-order valence-corrected chi connectivity index (χ0v) is 22.1. The van der Waals surface area contributed by atoms with Crippen LogP contribution in [0.25, 0.3) is 0 Å². The molecule has 0 spiro atoms. The summed E-state index contributed by atoms with van der Waals surface area (Å²) in [5.74, 6) is -1.29. The summed E-state index contributed by atoms with van der Waals surface area (Å²) >= 11 is 0. The first-order chi connectivity index (χ1) is 16.4. The molecule has 0 bridgehead atoms. The maximum atomic E-state index is 13.9. The Morgan fingerprint density at radius 3 is 1.26 bits per heavy atom. The van der Waals surface area contributed by atoms with Crippen molar-refractivity contribution in [2.45, 2.75) is 52.7 Å². The highest BCUT2D eigenvalue weighted by Gasteiger charge is 2.48. The third-order valence-electron chi connectivity index (χ3n) is 4.98. The molecular weight excluding hydrogens is 455 g/mol. The number of esters is 2. The Labute approximate surface area is 209 Å². The van der Waals surface area contributed by atoms with Crippen LogP contribution in [-0.4, -0.2) is 23.1 Å². The van der Waals surface area contributed by atoms with E-state index in [1.807, 2.05) is 112 Å². The lowest BCUT2D eigenvalue weighted by molar-refractivity contribution is -0.152. The van der Waals surface area contributed by atoms with Gasteiger partial charge in [0.1, 0.15) is 28.8 Å². The molecule has 4 nitrogen and oxygen atoms in total. The number of rotatable bonds is 6. The number of benzene rings is 3. The molecule has 0 radical (unpaired) electrons. The van der Waals surface area contributed by atoms with Crippen LogP contribution in [0.4, 0.5) is 0 Å². The van der Waals surface area contributed by atoms with Crippen molar-refractivity contribution in [3.05, 3.63) is 102 Å². The van der Waals surface area contributed by atoms with Crippen LogP contribution < -0.4 is 15.9 Å². The minimum atomic E-state index is -2.89. The number of hydrogen-bond acceptors (Lipinski definition) is 4. The summed E-state index contributed by atoms with van der Waals surface area (Å²) in [6.45, 7) is 10.8. The van der Waals surface area contributed by atoms with Crippen LogP contribution in [0.1, 0.15) is 41.5 Å². The maximum Gasteiger partial charge on any atom is 0.242 e. The largest absolute Gasteiger partial charge is 0.540 e. The number of carbonyl (C=O) groups excluding carboxylic acids is 2. The Hall–Kier alpha value is -3.23. The third kappa shape index (κ3) is 6.46. The second kappa shape index (κ2) is 10.6. The third-order valence-corrected chi connectivity index (χ3v) is 9.16. The molecule has 0 aliphatic carbocycles. The molecule has 0 saturated heterocycles. The highest BCUT2D eigenvalue weighted by atomic mass is 31.2. The van der Waals surface area contributed by atoms with E-state index in [9.17, 15) is 9.59 Å². The van der Waals surface area contributed by atoms with Crippen LogP contribution in [0.3, 0.4) is 0 Å². The molecule has 0 N–H and O–H groups in total. The van der Waals surface area contributed by atoms with Gasteiger partial charge in [0.2, 0.25) is 11.9 Å². The quantitative estimate of drug-likeness (QED) is 0.203. The van der Waals surface area contributed by atoms with E-state index >= 15 is 0 Å². The highest BCUT2D eigenvalue weighted by Crippen LogP contribution is 2.62. The van der Waals surface area contributed by atoms with Crippen molar-refractivity contribution in [1.82, 2.24) is 0 Å². The van der Waals surface area contributed by atoms with Crippen molar-refractivity contribution in [3.8, 4) is 0 Å². The molecular formula is C30H33O4P. The standard InChI is InChI=1S/C30H33O4P/c1-29(2,3)33-27(31)22-26(28(32)34-30(4,5)6)35(23-16-10-7-11-17-23,24-18-12-8-13-19-24)25-20-14-9-15-21-25/h7-21H,1-6H3. The Balaban J connectivity index is 2.44. The molecule has 0 saturated carbocycles. The monoisotopic (exact) mass is 488 g/mol. The molecule has 3 aromatic rings. The first-order valence-electron chi connectivity index (χ1n) is 11.6. The first kappa shape index (κ1) is 26.4. The van der Waals surface area contributed by atoms with Crippen LogP contribution in [0.5, 0.6) is 0 Å². The molecule has 0 heterocycles. The molecule has 0 aliphatic rings. The Kier molecular flexibility index (Phi) is 7.97. The SMILES string of the molecule is CC(C)(C)OC(=O)[C-]=C(C(=O)OC(C)(C)C)[P+](c1ccccc1)(c1ccccc1)c1ccccc1. The number of carbonyl (C=O) groups is 2. The minimum absolute atomic E-state index is 0.172. The fraction of sp³-hybridized carbons (Fsp3) is 0.267. The van der Waals surface area contributed by atoms with E-state index in [-0.39, 0.29) is 5.31 Å². The smallest absolute Gasteiger partial charge is 0.242 e. The molecule has 0 amide bonds. The fourth-order valence-electron chi connectivity index (χ4n) is 3.79. The zero-order chi connectivity index (χ0) is 25.7. The van der Waals surface area contributed by atoms with Gasteiger partial charge in [0.05, 0.1) is 5.60 Å². The summed E-state index contributed by atoms with van der Waals surface area (Å²) in [4.78, 5) is 27.1. The van der Waals surface area contributed by atoms with E-state index in [2.05, 4.69) is 6.08 Å². The van der Waals surface area contributed by atoms with Crippen molar-refractivity contribution in [1.29, 1.82) is 0 Å². The summed E-state index contributed by atoms with van der Waals surface area (Å²) in [5, 5.41) is 2.91. The second-order valence-corrected chi connectivity index (χ2v) is 13.5. The van der Waals surface area contributed by atoms with Gasteiger partial charge in [-0.15, -0.1) is 6.08 Å². The molecule has 35 heavy (non-hydrogen) atoms. The average molecular weight is 489 g/mol. The van der Waals surface area contributed by atoms with Crippen molar-refractivity contribution in [3.63, 3.8) is 0 Å². The van der Waals surface area contributed by atoms with E-state index in [1.54, 1.807) is 20.8 Å². The van der Waals surface area contributed by atoms with Gasteiger partial charge >= 0.3 is 0 Å². The van der Waals surface area contributed by atoms with E-state index in [0.29, 0.717) is 0 Å². The van der Waals surface area contributed by atoms with E-state index < -0.39 is 30.4 Å². The maximum absolute atomic E-state index is 13.9. The van der Waals surface area contributed by atoms with Gasteiger partial charge in [-0.2, -0.15) is 0 Å². The first-order valence-corrected chi connectivity index (χ1v) is 13.4. The second-order valence-electron chi connectivity index (χ2n) is 10.2. The van der Waals surface area contributed by atoms with Crippen LogP contribution >= 0.6 is 7.26 Å². The molecule has 0 unspecified atom stereocenters. The molecule has 0 aliphatic heterocycles. The summed E-state index contributed by atoms with van der Waals surface area (Å²) in [6.07, 6.45) is 2.86. The molecule has 0 atom stereocenters. The Bertz CT molecular complexity index is 1080. The number of hydrogen-bond donors (Lipinski definition) is 0. The molecule has 0 aromatic heterocycles. The highest BCUT2D eigenvalue weighted by molar-refractivity contribution is 7.99. The zero-order valence-electron chi connectivity index (χ0n) is 21.2. The Morgan fingerprint density at radius 1 is 0.600 bits per heavy atom. The van der Waals surface area contributed by atoms with Gasteiger partial charge in [-0.05, 0) is 77.9 Å². The normalized spacial score (nSPS) is 12.7. The van der Waals surface area contributed by atoms with Crippen LogP contribution in [0, 0.1) is 6.08 Å². The summed E-state index contributed by atoms with van der Waals surface area (Å²) in [6, 6.07) is 29.4. The Morgan fingerprint density at radius 2 is 0.943 bits per heavy atom. The van der Waals surface area contributed by atoms with Gasteiger partial charge in [-0.25, -0.2) is 0 Å². The van der Waals surface area contributed by atoms with Gasteiger partial charge in [-0.1, -0.05) is 54.6 Å². The van der Waals surface area contributed by atoms with Gasteiger partial charge in [0.25, 0.3) is 0 Å². The van der Waals surface area contributed by atoms with Crippen LogP contribution in [0.15, 0.2) is 96.3 Å². The van der Waals surface area contributed by atoms with Crippen molar-refractivity contribution < 1.29 is 19.1 Å². The van der Waals surface area contributed by atoms with Gasteiger partial charge in [0, 0.05) is 5.31 Å². The van der Waals surface area contributed by atoms with Crippen LogP contribution in [-0.2, 0) is 19.1 Å².